The largest absolute Gasteiger partial charge is 0.339 e. The van der Waals surface area contributed by atoms with E-state index in [2.05, 4.69) is 36.1 Å². The minimum absolute atomic E-state index is 0.168. The molecule has 0 N–H and O–H groups in total. The summed E-state index contributed by atoms with van der Waals surface area (Å²) in [6, 6.07) is 20.1. The number of carbonyl (C=O) groups is 1. The Morgan fingerprint density at radius 2 is 1.71 bits per heavy atom. The van der Waals surface area contributed by atoms with Crippen LogP contribution in [-0.4, -0.2) is 33.5 Å². The smallest absolute Gasteiger partial charge is 0.228 e. The van der Waals surface area contributed by atoms with Crippen LogP contribution in [0.1, 0.15) is 38.1 Å². The van der Waals surface area contributed by atoms with E-state index in [1.165, 1.54) is 5.56 Å². The van der Waals surface area contributed by atoms with Gasteiger partial charge in [-0.25, -0.2) is 0 Å². The number of carbonyl (C=O) groups excluding carboxylic acids is 1. The summed E-state index contributed by atoms with van der Waals surface area (Å²) < 4.78 is 5.39. The molecule has 5 nitrogen and oxygen atoms in total. The third-order valence-corrected chi connectivity index (χ3v) is 4.98. The summed E-state index contributed by atoms with van der Waals surface area (Å²) in [7, 11) is 0. The lowest BCUT2D eigenvalue weighted by Crippen LogP contribution is -2.40. The zero-order chi connectivity index (χ0) is 19.8. The molecule has 1 heterocycles. The first-order valence-electron chi connectivity index (χ1n) is 9.88. The molecular weight excluding hydrogens is 350 g/mol. The van der Waals surface area contributed by atoms with E-state index in [0.717, 1.165) is 18.4 Å². The average molecular weight is 377 g/mol. The van der Waals surface area contributed by atoms with Crippen molar-refractivity contribution in [1.29, 1.82) is 0 Å². The second kappa shape index (κ2) is 9.83. The first-order valence-corrected chi connectivity index (χ1v) is 9.88. The van der Waals surface area contributed by atoms with Crippen molar-refractivity contribution in [3.63, 3.8) is 0 Å². The van der Waals surface area contributed by atoms with Gasteiger partial charge in [0.15, 0.2) is 0 Å². The zero-order valence-electron chi connectivity index (χ0n) is 16.5. The standard InChI is InChI=1S/C23H27N3O2/c1-3-18(2)26(22(27)15-14-19-10-6-4-7-11-19)17-16-21-24-23(25-28-21)20-12-8-5-9-13-20/h4-13,18H,3,14-17H2,1-2H3. The number of hydrogen-bond acceptors (Lipinski definition) is 4. The fourth-order valence-corrected chi connectivity index (χ4v) is 3.13. The van der Waals surface area contributed by atoms with E-state index in [-0.39, 0.29) is 11.9 Å². The first-order chi connectivity index (χ1) is 13.7. The lowest BCUT2D eigenvalue weighted by Gasteiger charge is -2.28. The van der Waals surface area contributed by atoms with Crippen molar-refractivity contribution in [3.8, 4) is 11.4 Å². The zero-order valence-corrected chi connectivity index (χ0v) is 16.5. The number of benzene rings is 2. The Labute approximate surface area is 166 Å². The van der Waals surface area contributed by atoms with Gasteiger partial charge in [-0.1, -0.05) is 72.7 Å². The van der Waals surface area contributed by atoms with E-state index in [0.29, 0.717) is 31.1 Å². The summed E-state index contributed by atoms with van der Waals surface area (Å²) >= 11 is 0. The van der Waals surface area contributed by atoms with E-state index in [1.807, 2.05) is 53.4 Å². The van der Waals surface area contributed by atoms with Crippen LogP contribution >= 0.6 is 0 Å². The van der Waals surface area contributed by atoms with Gasteiger partial charge in [-0.15, -0.1) is 0 Å². The predicted octanol–water partition coefficient (Wildman–Crippen LogP) is 4.54. The number of nitrogens with zero attached hydrogens (tertiary/aromatic N) is 3. The van der Waals surface area contributed by atoms with Gasteiger partial charge < -0.3 is 9.42 Å². The van der Waals surface area contributed by atoms with Gasteiger partial charge in [0.25, 0.3) is 0 Å². The second-order valence-electron chi connectivity index (χ2n) is 6.96. The van der Waals surface area contributed by atoms with Gasteiger partial charge in [-0.05, 0) is 25.3 Å². The molecule has 0 aliphatic heterocycles. The van der Waals surface area contributed by atoms with E-state index < -0.39 is 0 Å². The van der Waals surface area contributed by atoms with Crippen LogP contribution in [0.2, 0.25) is 0 Å². The Morgan fingerprint density at radius 1 is 1.04 bits per heavy atom. The van der Waals surface area contributed by atoms with Crippen LogP contribution in [0.15, 0.2) is 65.2 Å². The Kier molecular flexibility index (Phi) is 6.95. The van der Waals surface area contributed by atoms with Crippen LogP contribution in [0.3, 0.4) is 0 Å². The lowest BCUT2D eigenvalue weighted by atomic mass is 10.1. The Bertz CT molecular complexity index is 862. The topological polar surface area (TPSA) is 59.2 Å². The highest BCUT2D eigenvalue weighted by atomic mass is 16.5. The van der Waals surface area contributed by atoms with E-state index >= 15 is 0 Å². The quantitative estimate of drug-likeness (QED) is 0.549. The summed E-state index contributed by atoms with van der Waals surface area (Å²) in [6.45, 7) is 4.77. The Hall–Kier alpha value is -2.95. The predicted molar refractivity (Wildman–Crippen MR) is 110 cm³/mol. The Morgan fingerprint density at radius 3 is 2.39 bits per heavy atom. The number of aryl methyl sites for hydroxylation is 1. The maximum Gasteiger partial charge on any atom is 0.228 e. The minimum Gasteiger partial charge on any atom is -0.339 e. The molecule has 0 saturated heterocycles. The van der Waals surface area contributed by atoms with Crippen LogP contribution in [0.4, 0.5) is 0 Å². The van der Waals surface area contributed by atoms with E-state index in [1.54, 1.807) is 0 Å². The van der Waals surface area contributed by atoms with Gasteiger partial charge >= 0.3 is 0 Å². The highest BCUT2D eigenvalue weighted by Crippen LogP contribution is 2.16. The molecule has 0 fully saturated rings. The molecule has 28 heavy (non-hydrogen) atoms. The van der Waals surface area contributed by atoms with Gasteiger partial charge in [0.2, 0.25) is 17.6 Å². The average Bonchev–Trinajstić information content (AvgIpc) is 3.22. The molecule has 0 saturated carbocycles. The van der Waals surface area contributed by atoms with Crippen molar-refractivity contribution >= 4 is 5.91 Å². The maximum atomic E-state index is 12.8. The molecule has 2 aromatic carbocycles. The van der Waals surface area contributed by atoms with Gasteiger partial charge in [0.05, 0.1) is 0 Å². The van der Waals surface area contributed by atoms with Crippen molar-refractivity contribution in [2.75, 3.05) is 6.54 Å². The van der Waals surface area contributed by atoms with Crippen LogP contribution in [0.25, 0.3) is 11.4 Å². The molecule has 0 spiro atoms. The molecular formula is C23H27N3O2. The summed E-state index contributed by atoms with van der Waals surface area (Å²) in [5.41, 5.74) is 2.11. The SMILES string of the molecule is CCC(C)N(CCc1nc(-c2ccccc2)no1)C(=O)CCc1ccccc1. The second-order valence-corrected chi connectivity index (χ2v) is 6.96. The van der Waals surface area contributed by atoms with Crippen molar-refractivity contribution < 1.29 is 9.32 Å². The highest BCUT2D eigenvalue weighted by molar-refractivity contribution is 5.76. The van der Waals surface area contributed by atoms with Crippen molar-refractivity contribution in [2.45, 2.75) is 45.6 Å². The summed E-state index contributed by atoms with van der Waals surface area (Å²) in [5.74, 6) is 1.31. The third-order valence-electron chi connectivity index (χ3n) is 4.98. The maximum absolute atomic E-state index is 12.8. The molecule has 5 heteroatoms. The van der Waals surface area contributed by atoms with Crippen molar-refractivity contribution in [3.05, 3.63) is 72.1 Å². The van der Waals surface area contributed by atoms with Gasteiger partial charge in [0.1, 0.15) is 0 Å². The minimum atomic E-state index is 0.168. The summed E-state index contributed by atoms with van der Waals surface area (Å²) in [4.78, 5) is 19.2. The number of rotatable bonds is 9. The molecule has 1 atom stereocenters. The fraction of sp³-hybridized carbons (Fsp3) is 0.348. The molecule has 3 rings (SSSR count). The van der Waals surface area contributed by atoms with Crippen LogP contribution in [0.5, 0.6) is 0 Å². The normalized spacial score (nSPS) is 11.9. The van der Waals surface area contributed by atoms with Gasteiger partial charge in [-0.3, -0.25) is 4.79 Å². The number of amides is 1. The summed E-state index contributed by atoms with van der Waals surface area (Å²) in [5, 5.41) is 4.06. The van der Waals surface area contributed by atoms with Gasteiger partial charge in [-0.2, -0.15) is 4.98 Å². The molecule has 146 valence electrons. The van der Waals surface area contributed by atoms with Crippen LogP contribution in [-0.2, 0) is 17.6 Å². The van der Waals surface area contributed by atoms with E-state index in [4.69, 9.17) is 4.52 Å². The number of aromatic nitrogens is 2. The first kappa shape index (κ1) is 19.8. The van der Waals surface area contributed by atoms with Crippen LogP contribution in [0, 0.1) is 0 Å². The molecule has 0 radical (unpaired) electrons. The summed E-state index contributed by atoms with van der Waals surface area (Å²) in [6.07, 6.45) is 2.73. The van der Waals surface area contributed by atoms with E-state index in [9.17, 15) is 4.79 Å². The molecule has 1 aromatic heterocycles. The van der Waals surface area contributed by atoms with Gasteiger partial charge in [0, 0.05) is 31.0 Å². The third kappa shape index (κ3) is 5.28. The molecule has 3 aromatic rings. The lowest BCUT2D eigenvalue weighted by molar-refractivity contribution is -0.133. The van der Waals surface area contributed by atoms with Crippen LogP contribution < -0.4 is 0 Å². The Balaban J connectivity index is 1.59. The molecule has 0 aliphatic rings. The monoisotopic (exact) mass is 377 g/mol. The highest BCUT2D eigenvalue weighted by Gasteiger charge is 2.20. The fourth-order valence-electron chi connectivity index (χ4n) is 3.13. The van der Waals surface area contributed by atoms with Crippen molar-refractivity contribution in [1.82, 2.24) is 15.0 Å². The molecule has 0 bridgehead atoms. The van der Waals surface area contributed by atoms with Crippen molar-refractivity contribution in [2.24, 2.45) is 0 Å². The molecule has 1 amide bonds. The molecule has 1 unspecified atom stereocenters. The number of hydrogen-bond donors (Lipinski definition) is 0. The molecule has 0 aliphatic carbocycles.